The van der Waals surface area contributed by atoms with Crippen LogP contribution in [0, 0.1) is 10.1 Å². The summed E-state index contributed by atoms with van der Waals surface area (Å²) in [5, 5.41) is 13.8. The number of thioether (sulfide) groups is 1. The number of anilines is 1. The van der Waals surface area contributed by atoms with Crippen molar-refractivity contribution in [2.45, 2.75) is 12.7 Å². The predicted octanol–water partition coefficient (Wildman–Crippen LogP) is 2.30. The summed E-state index contributed by atoms with van der Waals surface area (Å²) >= 11 is 1.50. The molecule has 0 aliphatic rings. The van der Waals surface area contributed by atoms with Gasteiger partial charge in [-0.25, -0.2) is 8.42 Å². The van der Waals surface area contributed by atoms with E-state index in [9.17, 15) is 18.5 Å². The molecule has 0 aromatic heterocycles. The van der Waals surface area contributed by atoms with Gasteiger partial charge in [0.2, 0.25) is 0 Å². The molecule has 0 spiro atoms. The Hall–Kier alpha value is -1.28. The molecule has 0 amide bonds. The predicted molar refractivity (Wildman–Crippen MR) is 83.1 cm³/mol. The quantitative estimate of drug-likeness (QED) is 0.449. The van der Waals surface area contributed by atoms with Crippen LogP contribution in [0.25, 0.3) is 0 Å². The van der Waals surface area contributed by atoms with Crippen molar-refractivity contribution >= 4 is 33.0 Å². The van der Waals surface area contributed by atoms with Crippen LogP contribution in [0.3, 0.4) is 0 Å². The van der Waals surface area contributed by atoms with Crippen LogP contribution in [0.2, 0.25) is 0 Å². The van der Waals surface area contributed by atoms with Gasteiger partial charge in [-0.15, -0.1) is 0 Å². The van der Waals surface area contributed by atoms with Crippen LogP contribution in [0.1, 0.15) is 12.5 Å². The molecule has 0 fully saturated rings. The highest BCUT2D eigenvalue weighted by molar-refractivity contribution is 7.99. The van der Waals surface area contributed by atoms with E-state index >= 15 is 0 Å². The molecule has 6 nitrogen and oxygen atoms in total. The molecule has 0 heterocycles. The van der Waals surface area contributed by atoms with Gasteiger partial charge in [-0.05, 0) is 18.6 Å². The van der Waals surface area contributed by atoms with Gasteiger partial charge in [0.05, 0.1) is 10.7 Å². The Bertz CT molecular complexity index is 573. The van der Waals surface area contributed by atoms with E-state index in [0.29, 0.717) is 23.7 Å². The lowest BCUT2D eigenvalue weighted by Crippen LogP contribution is -2.05. The minimum Gasteiger partial charge on any atom is -0.380 e. The van der Waals surface area contributed by atoms with Gasteiger partial charge in [0.1, 0.15) is 15.5 Å². The van der Waals surface area contributed by atoms with Gasteiger partial charge in [0.25, 0.3) is 5.69 Å². The summed E-state index contributed by atoms with van der Waals surface area (Å²) in [6.45, 7) is 2.47. The van der Waals surface area contributed by atoms with Crippen molar-refractivity contribution in [2.75, 3.05) is 29.6 Å². The molecule has 1 aromatic carbocycles. The molecule has 0 saturated heterocycles. The highest BCUT2D eigenvalue weighted by Gasteiger charge is 2.13. The van der Waals surface area contributed by atoms with Crippen molar-refractivity contribution in [3.8, 4) is 0 Å². The second-order valence-electron chi connectivity index (χ2n) is 4.32. The third kappa shape index (κ3) is 5.79. The van der Waals surface area contributed by atoms with E-state index < -0.39 is 14.8 Å². The van der Waals surface area contributed by atoms with Crippen LogP contribution in [-0.2, 0) is 15.6 Å². The zero-order valence-corrected chi connectivity index (χ0v) is 13.1. The van der Waals surface area contributed by atoms with Gasteiger partial charge in [-0.1, -0.05) is 6.07 Å². The highest BCUT2D eigenvalue weighted by atomic mass is 32.2. The maximum Gasteiger partial charge on any atom is 0.292 e. The standard InChI is InChI=1S/C12H18N2O4S2/c1-3-13-11-8-10(4-5-12(11)14(15)16)9-19-6-7-20(2,17)18/h4-5,8,13H,3,6-7,9H2,1-2H3. The smallest absolute Gasteiger partial charge is 0.292 e. The average Bonchev–Trinajstić information content (AvgIpc) is 2.34. The van der Waals surface area contributed by atoms with Crippen LogP contribution in [-0.4, -0.2) is 37.6 Å². The van der Waals surface area contributed by atoms with Crippen molar-refractivity contribution in [1.29, 1.82) is 0 Å². The van der Waals surface area contributed by atoms with Crippen LogP contribution >= 0.6 is 11.8 Å². The summed E-state index contributed by atoms with van der Waals surface area (Å²) in [7, 11) is -2.94. The van der Waals surface area contributed by atoms with Gasteiger partial charge in [-0.2, -0.15) is 11.8 Å². The van der Waals surface area contributed by atoms with E-state index in [1.165, 1.54) is 24.1 Å². The van der Waals surface area contributed by atoms with Gasteiger partial charge >= 0.3 is 0 Å². The first-order valence-corrected chi connectivity index (χ1v) is 9.31. The number of nitro benzene ring substituents is 1. The zero-order chi connectivity index (χ0) is 15.2. The van der Waals surface area contributed by atoms with Gasteiger partial charge in [0.15, 0.2) is 0 Å². The van der Waals surface area contributed by atoms with E-state index in [0.717, 1.165) is 5.56 Å². The summed E-state index contributed by atoms with van der Waals surface area (Å²) in [6, 6.07) is 4.92. The number of sulfone groups is 1. The van der Waals surface area contributed by atoms with E-state index in [-0.39, 0.29) is 11.4 Å². The Morgan fingerprint density at radius 3 is 2.65 bits per heavy atom. The zero-order valence-electron chi connectivity index (χ0n) is 11.5. The highest BCUT2D eigenvalue weighted by Crippen LogP contribution is 2.27. The topological polar surface area (TPSA) is 89.3 Å². The molecular weight excluding hydrogens is 300 g/mol. The molecule has 1 N–H and O–H groups in total. The van der Waals surface area contributed by atoms with E-state index in [1.54, 1.807) is 12.1 Å². The second kappa shape index (κ2) is 7.49. The number of nitrogens with one attached hydrogen (secondary N) is 1. The van der Waals surface area contributed by atoms with Crippen LogP contribution < -0.4 is 5.32 Å². The number of nitro groups is 1. The maximum absolute atomic E-state index is 11.0. The molecule has 0 aliphatic heterocycles. The average molecular weight is 318 g/mol. The molecule has 0 saturated carbocycles. The first-order valence-electron chi connectivity index (χ1n) is 6.10. The minimum absolute atomic E-state index is 0.0525. The largest absolute Gasteiger partial charge is 0.380 e. The molecule has 0 unspecified atom stereocenters. The number of nitrogens with zero attached hydrogens (tertiary/aromatic N) is 1. The van der Waals surface area contributed by atoms with Gasteiger partial charge < -0.3 is 5.32 Å². The SMILES string of the molecule is CCNc1cc(CSCCS(C)(=O)=O)ccc1[N+](=O)[O-]. The first kappa shape index (κ1) is 16.8. The molecule has 0 radical (unpaired) electrons. The normalized spacial score (nSPS) is 11.3. The van der Waals surface area contributed by atoms with Crippen LogP contribution in [0.15, 0.2) is 18.2 Å². The Labute approximate surface area is 123 Å². The fourth-order valence-corrected chi connectivity index (χ4v) is 3.81. The monoisotopic (exact) mass is 318 g/mol. The number of rotatable bonds is 8. The lowest BCUT2D eigenvalue weighted by molar-refractivity contribution is -0.384. The van der Waals surface area contributed by atoms with Crippen molar-refractivity contribution in [3.05, 3.63) is 33.9 Å². The fourth-order valence-electron chi connectivity index (χ4n) is 1.56. The van der Waals surface area contributed by atoms with E-state index in [2.05, 4.69) is 5.32 Å². The Kier molecular flexibility index (Phi) is 6.28. The van der Waals surface area contributed by atoms with Crippen molar-refractivity contribution in [1.82, 2.24) is 0 Å². The summed E-state index contributed by atoms with van der Waals surface area (Å²) in [4.78, 5) is 10.5. The molecule has 0 aliphatic carbocycles. The summed E-state index contributed by atoms with van der Waals surface area (Å²) < 4.78 is 22.0. The Balaban J connectivity index is 2.67. The van der Waals surface area contributed by atoms with Crippen molar-refractivity contribution in [3.63, 3.8) is 0 Å². The molecule has 20 heavy (non-hydrogen) atoms. The number of benzene rings is 1. The molecule has 8 heteroatoms. The summed E-state index contributed by atoms with van der Waals surface area (Å²) in [6.07, 6.45) is 1.21. The van der Waals surface area contributed by atoms with Crippen LogP contribution in [0.4, 0.5) is 11.4 Å². The lowest BCUT2D eigenvalue weighted by Gasteiger charge is -2.07. The summed E-state index contributed by atoms with van der Waals surface area (Å²) in [5.74, 6) is 1.29. The van der Waals surface area contributed by atoms with Crippen molar-refractivity contribution in [2.24, 2.45) is 0 Å². The Morgan fingerprint density at radius 1 is 1.40 bits per heavy atom. The molecule has 1 rings (SSSR count). The first-order chi connectivity index (χ1) is 9.33. The summed E-state index contributed by atoms with van der Waals surface area (Å²) in [5.41, 5.74) is 1.49. The van der Waals surface area contributed by atoms with E-state index in [1.807, 2.05) is 6.92 Å². The third-order valence-corrected chi connectivity index (χ3v) is 4.73. The molecule has 1 aromatic rings. The number of hydrogen-bond acceptors (Lipinski definition) is 6. The molecule has 0 atom stereocenters. The maximum atomic E-state index is 11.0. The van der Waals surface area contributed by atoms with Gasteiger partial charge in [-0.3, -0.25) is 10.1 Å². The minimum atomic E-state index is -2.94. The Morgan fingerprint density at radius 2 is 2.10 bits per heavy atom. The molecule has 0 bridgehead atoms. The lowest BCUT2D eigenvalue weighted by atomic mass is 10.2. The van der Waals surface area contributed by atoms with Crippen LogP contribution in [0.5, 0.6) is 0 Å². The molecule has 112 valence electrons. The number of hydrogen-bond donors (Lipinski definition) is 1. The molecular formula is C12H18N2O4S2. The fraction of sp³-hybridized carbons (Fsp3) is 0.500. The third-order valence-electron chi connectivity index (χ3n) is 2.49. The van der Waals surface area contributed by atoms with Crippen molar-refractivity contribution < 1.29 is 13.3 Å². The second-order valence-corrected chi connectivity index (χ2v) is 7.69. The van der Waals surface area contributed by atoms with E-state index in [4.69, 9.17) is 0 Å². The van der Waals surface area contributed by atoms with Gasteiger partial charge in [0, 0.05) is 30.4 Å².